The fourth-order valence-corrected chi connectivity index (χ4v) is 1.29. The first kappa shape index (κ1) is 7.98. The van der Waals surface area contributed by atoms with Gasteiger partial charge >= 0.3 is 0 Å². The lowest BCUT2D eigenvalue weighted by Crippen LogP contribution is -2.39. The predicted octanol–water partition coefficient (Wildman–Crippen LogP) is -0.254. The van der Waals surface area contributed by atoms with E-state index in [9.17, 15) is 0 Å². The highest BCUT2D eigenvalue weighted by molar-refractivity contribution is 4.93. The molecule has 0 aromatic carbocycles. The van der Waals surface area contributed by atoms with Crippen molar-refractivity contribution in [2.24, 2.45) is 0 Å². The minimum Gasteiger partial charge on any atom is -0.394 e. The van der Waals surface area contributed by atoms with E-state index in [0.29, 0.717) is 0 Å². The molecule has 0 aliphatic carbocycles. The van der Waals surface area contributed by atoms with E-state index in [-0.39, 0.29) is 18.2 Å². The number of aliphatic hydroxyl groups is 1. The third-order valence-corrected chi connectivity index (χ3v) is 2.12. The Hall–Kier alpha value is -0.120. The van der Waals surface area contributed by atoms with E-state index in [4.69, 9.17) is 9.84 Å². The molecule has 10 heavy (non-hydrogen) atoms. The summed E-state index contributed by atoms with van der Waals surface area (Å²) in [5, 5.41) is 12.1. The first-order chi connectivity index (χ1) is 4.70. The van der Waals surface area contributed by atoms with Gasteiger partial charge in [-0.15, -0.1) is 0 Å². The van der Waals surface area contributed by atoms with Crippen LogP contribution < -0.4 is 5.32 Å². The second kappa shape index (κ2) is 2.86. The lowest BCUT2D eigenvalue weighted by Gasteiger charge is -2.20. The third-order valence-electron chi connectivity index (χ3n) is 2.12. The van der Waals surface area contributed by atoms with Crippen LogP contribution in [0.3, 0.4) is 0 Å². The average Bonchev–Trinajstić information content (AvgIpc) is 2.33. The molecule has 1 rings (SSSR count). The third kappa shape index (κ3) is 1.48. The van der Waals surface area contributed by atoms with Gasteiger partial charge in [0.15, 0.2) is 0 Å². The van der Waals surface area contributed by atoms with Crippen LogP contribution in [0.1, 0.15) is 13.3 Å². The molecule has 1 aliphatic rings. The molecular formula is C7H15NO2. The molecule has 60 valence electrons. The van der Waals surface area contributed by atoms with E-state index in [1.807, 2.05) is 6.92 Å². The quantitative estimate of drug-likeness (QED) is 0.563. The molecule has 1 fully saturated rings. The molecule has 0 amide bonds. The summed E-state index contributed by atoms with van der Waals surface area (Å²) >= 11 is 0. The number of ether oxygens (including phenoxy) is 1. The largest absolute Gasteiger partial charge is 0.394 e. The summed E-state index contributed by atoms with van der Waals surface area (Å²) in [5.41, 5.74) is -0.110. The van der Waals surface area contributed by atoms with Crippen LogP contribution in [0, 0.1) is 0 Å². The first-order valence-corrected chi connectivity index (χ1v) is 3.59. The monoisotopic (exact) mass is 145 g/mol. The molecule has 2 atom stereocenters. The van der Waals surface area contributed by atoms with Gasteiger partial charge in [-0.1, -0.05) is 0 Å². The molecule has 2 N–H and O–H groups in total. The summed E-state index contributed by atoms with van der Waals surface area (Å²) in [6.45, 7) is 3.05. The van der Waals surface area contributed by atoms with E-state index >= 15 is 0 Å². The van der Waals surface area contributed by atoms with Gasteiger partial charge in [0.1, 0.15) is 0 Å². The number of nitrogens with one attached hydrogen (secondary N) is 1. The van der Waals surface area contributed by atoms with Crippen molar-refractivity contribution in [3.05, 3.63) is 0 Å². The summed E-state index contributed by atoms with van der Waals surface area (Å²) in [4.78, 5) is 0. The predicted molar refractivity (Wildman–Crippen MR) is 38.9 cm³/mol. The van der Waals surface area contributed by atoms with Crippen molar-refractivity contribution in [3.8, 4) is 0 Å². The minimum atomic E-state index is -0.110. The van der Waals surface area contributed by atoms with Gasteiger partial charge in [-0.25, -0.2) is 0 Å². The van der Waals surface area contributed by atoms with Crippen molar-refractivity contribution in [3.63, 3.8) is 0 Å². The Bertz CT molecular complexity index is 118. The fourth-order valence-electron chi connectivity index (χ4n) is 1.29. The maximum atomic E-state index is 8.92. The molecule has 0 bridgehead atoms. The zero-order chi connectivity index (χ0) is 7.61. The summed E-state index contributed by atoms with van der Waals surface area (Å²) in [6.07, 6.45) is 1.18. The van der Waals surface area contributed by atoms with Crippen molar-refractivity contribution in [1.82, 2.24) is 5.32 Å². The van der Waals surface area contributed by atoms with Crippen LogP contribution in [-0.2, 0) is 4.74 Å². The van der Waals surface area contributed by atoms with Crippen LogP contribution in [0.2, 0.25) is 0 Å². The van der Waals surface area contributed by atoms with Gasteiger partial charge in [-0.05, 0) is 13.3 Å². The van der Waals surface area contributed by atoms with Crippen LogP contribution in [0.15, 0.2) is 0 Å². The van der Waals surface area contributed by atoms with Crippen molar-refractivity contribution in [1.29, 1.82) is 0 Å². The van der Waals surface area contributed by atoms with Crippen LogP contribution in [0.4, 0.5) is 0 Å². The van der Waals surface area contributed by atoms with E-state index < -0.39 is 0 Å². The molecule has 1 aliphatic heterocycles. The first-order valence-electron chi connectivity index (χ1n) is 3.59. The molecule has 1 saturated heterocycles. The maximum Gasteiger partial charge on any atom is 0.0714 e. The molecule has 0 aromatic rings. The Morgan fingerprint density at radius 2 is 2.50 bits per heavy atom. The molecule has 0 aromatic heterocycles. The summed E-state index contributed by atoms with van der Waals surface area (Å²) < 4.78 is 5.13. The van der Waals surface area contributed by atoms with Gasteiger partial charge in [0, 0.05) is 19.2 Å². The topological polar surface area (TPSA) is 41.5 Å². The zero-order valence-electron chi connectivity index (χ0n) is 6.55. The lowest BCUT2D eigenvalue weighted by molar-refractivity contribution is 0.105. The molecule has 3 heteroatoms. The number of hydrogen-bond donors (Lipinski definition) is 2. The number of rotatable bonds is 2. The number of hydrogen-bond acceptors (Lipinski definition) is 3. The van der Waals surface area contributed by atoms with Crippen molar-refractivity contribution in [2.75, 3.05) is 20.3 Å². The van der Waals surface area contributed by atoms with Gasteiger partial charge in [-0.2, -0.15) is 0 Å². The molecule has 0 radical (unpaired) electrons. The summed E-state index contributed by atoms with van der Waals surface area (Å²) in [5.74, 6) is 0. The molecule has 1 heterocycles. The Labute approximate surface area is 61.4 Å². The SMILES string of the molecule is CO[C@@H]1CN[C@](C)(CO)C1. The minimum absolute atomic E-state index is 0.110. The zero-order valence-corrected chi connectivity index (χ0v) is 6.55. The van der Waals surface area contributed by atoms with Crippen LogP contribution >= 0.6 is 0 Å². The highest BCUT2D eigenvalue weighted by atomic mass is 16.5. The Morgan fingerprint density at radius 1 is 1.80 bits per heavy atom. The van der Waals surface area contributed by atoms with E-state index in [1.165, 1.54) is 0 Å². The Balaban J connectivity index is 2.41. The van der Waals surface area contributed by atoms with Crippen molar-refractivity contribution < 1.29 is 9.84 Å². The van der Waals surface area contributed by atoms with Gasteiger partial charge in [0.05, 0.1) is 12.7 Å². The highest BCUT2D eigenvalue weighted by Crippen LogP contribution is 2.19. The molecular weight excluding hydrogens is 130 g/mol. The van der Waals surface area contributed by atoms with E-state index in [2.05, 4.69) is 5.32 Å². The van der Waals surface area contributed by atoms with Gasteiger partial charge in [0.25, 0.3) is 0 Å². The lowest BCUT2D eigenvalue weighted by atomic mass is 10.0. The summed E-state index contributed by atoms with van der Waals surface area (Å²) in [7, 11) is 1.70. The number of methoxy groups -OCH3 is 1. The summed E-state index contributed by atoms with van der Waals surface area (Å²) in [6, 6.07) is 0. The number of aliphatic hydroxyl groups excluding tert-OH is 1. The highest BCUT2D eigenvalue weighted by Gasteiger charge is 2.33. The van der Waals surface area contributed by atoms with Crippen molar-refractivity contribution in [2.45, 2.75) is 25.0 Å². The normalized spacial score (nSPS) is 40.5. The standard InChI is InChI=1S/C7H15NO2/c1-7(5-9)3-6(10-2)4-8-7/h6,8-9H,3-5H2,1-2H3/t6-,7-/m0/s1. The molecule has 3 nitrogen and oxygen atoms in total. The average molecular weight is 145 g/mol. The van der Waals surface area contributed by atoms with E-state index in [1.54, 1.807) is 7.11 Å². The molecule has 0 saturated carbocycles. The van der Waals surface area contributed by atoms with Crippen LogP contribution in [0.25, 0.3) is 0 Å². The Morgan fingerprint density at radius 3 is 2.80 bits per heavy atom. The molecule has 0 spiro atoms. The smallest absolute Gasteiger partial charge is 0.0714 e. The van der Waals surface area contributed by atoms with Crippen LogP contribution in [-0.4, -0.2) is 37.0 Å². The van der Waals surface area contributed by atoms with Crippen molar-refractivity contribution >= 4 is 0 Å². The van der Waals surface area contributed by atoms with Crippen LogP contribution in [0.5, 0.6) is 0 Å². The van der Waals surface area contributed by atoms with Gasteiger partial charge in [0.2, 0.25) is 0 Å². The second-order valence-electron chi connectivity index (χ2n) is 3.16. The van der Waals surface area contributed by atoms with E-state index in [0.717, 1.165) is 13.0 Å². The Kier molecular flexibility index (Phi) is 2.28. The fraction of sp³-hybridized carbons (Fsp3) is 1.00. The molecule has 0 unspecified atom stereocenters. The maximum absolute atomic E-state index is 8.92. The van der Waals surface area contributed by atoms with Gasteiger partial charge < -0.3 is 15.2 Å². The van der Waals surface area contributed by atoms with Gasteiger partial charge in [-0.3, -0.25) is 0 Å². The second-order valence-corrected chi connectivity index (χ2v) is 3.16.